The van der Waals surface area contributed by atoms with Crippen molar-refractivity contribution < 1.29 is 57.4 Å². The molecular weight excluding hydrogens is 600 g/mol. The number of esters is 4. The van der Waals surface area contributed by atoms with Crippen molar-refractivity contribution in [1.29, 1.82) is 0 Å². The van der Waals surface area contributed by atoms with E-state index in [9.17, 15) is 24.3 Å². The van der Waals surface area contributed by atoms with Crippen LogP contribution in [0.25, 0.3) is 0 Å². The quantitative estimate of drug-likeness (QED) is 0.302. The molecule has 0 aromatic heterocycles. The molecule has 13 heteroatoms. The van der Waals surface area contributed by atoms with Crippen LogP contribution in [-0.2, 0) is 59.8 Å². The lowest BCUT2D eigenvalue weighted by Gasteiger charge is -2.48. The lowest BCUT2D eigenvalue weighted by Crippen LogP contribution is -2.66. The van der Waals surface area contributed by atoms with Gasteiger partial charge in [-0.25, -0.2) is 0 Å². The van der Waals surface area contributed by atoms with Gasteiger partial charge in [-0.3, -0.25) is 19.2 Å². The summed E-state index contributed by atoms with van der Waals surface area (Å²) in [5.74, 6) is -4.87. The number of hydrogen-bond acceptors (Lipinski definition) is 12. The van der Waals surface area contributed by atoms with E-state index < -0.39 is 60.7 Å². The summed E-state index contributed by atoms with van der Waals surface area (Å²) >= 11 is 6.56. The first-order chi connectivity index (χ1) is 20.9. The van der Waals surface area contributed by atoms with E-state index >= 15 is 0 Å². The summed E-state index contributed by atoms with van der Waals surface area (Å²) in [7, 11) is 0. The smallest absolute Gasteiger partial charge is 0.303 e. The minimum atomic E-state index is -2.46. The standard InChI is InChI=1S/C31H35ClO12/c1-17(33)39-16-27-28(40-18(2)34)29(41-19(3)35)30(42-20(4)36)31(37,44-27)23-7-10-26(32)22(14-23)13-21-5-8-24(9-6-21)43-25-11-12-38-15-25/h5-10,14,25,27-30,37H,11-13,15-16H2,1-4H3/t25?,27-,28-,29+,30-,31?/m1/s1. The average Bonchev–Trinajstić information content (AvgIpc) is 3.46. The molecule has 2 aromatic rings. The van der Waals surface area contributed by atoms with E-state index in [1.807, 2.05) is 24.3 Å². The Kier molecular flexibility index (Phi) is 10.8. The van der Waals surface area contributed by atoms with Crippen molar-refractivity contribution >= 4 is 35.5 Å². The van der Waals surface area contributed by atoms with Gasteiger partial charge in [-0.15, -0.1) is 0 Å². The Morgan fingerprint density at radius 3 is 2.16 bits per heavy atom. The summed E-state index contributed by atoms with van der Waals surface area (Å²) in [4.78, 5) is 48.1. The van der Waals surface area contributed by atoms with Crippen molar-refractivity contribution in [3.8, 4) is 5.75 Å². The van der Waals surface area contributed by atoms with Crippen LogP contribution >= 0.6 is 11.6 Å². The number of carbonyl (C=O) groups excluding carboxylic acids is 4. The lowest BCUT2D eigenvalue weighted by molar-refractivity contribution is -0.360. The molecule has 2 aliphatic heterocycles. The molecule has 0 radical (unpaired) electrons. The zero-order chi connectivity index (χ0) is 32.0. The van der Waals surface area contributed by atoms with Gasteiger partial charge in [-0.1, -0.05) is 29.8 Å². The van der Waals surface area contributed by atoms with Crippen LogP contribution in [0.5, 0.6) is 5.75 Å². The molecular formula is C31H35ClO12. The van der Waals surface area contributed by atoms with Crippen molar-refractivity contribution in [2.45, 2.75) is 76.8 Å². The maximum Gasteiger partial charge on any atom is 0.303 e. The molecule has 0 spiro atoms. The maximum absolute atomic E-state index is 12.2. The van der Waals surface area contributed by atoms with Crippen LogP contribution in [0.3, 0.4) is 0 Å². The highest BCUT2D eigenvalue weighted by molar-refractivity contribution is 6.31. The lowest BCUT2D eigenvalue weighted by atomic mass is 9.86. The fraction of sp³-hybridized carbons (Fsp3) is 0.484. The Morgan fingerprint density at radius 2 is 1.57 bits per heavy atom. The molecule has 4 rings (SSSR count). The zero-order valence-corrected chi connectivity index (χ0v) is 25.5. The van der Waals surface area contributed by atoms with E-state index in [-0.39, 0.29) is 11.7 Å². The highest BCUT2D eigenvalue weighted by Gasteiger charge is 2.60. The van der Waals surface area contributed by atoms with E-state index in [1.165, 1.54) is 12.1 Å². The van der Waals surface area contributed by atoms with Gasteiger partial charge in [0.25, 0.3) is 0 Å². The number of hydrogen-bond donors (Lipinski definition) is 1. The van der Waals surface area contributed by atoms with E-state index in [1.54, 1.807) is 6.07 Å². The molecule has 2 aliphatic rings. The van der Waals surface area contributed by atoms with Gasteiger partial charge in [0.2, 0.25) is 11.9 Å². The highest BCUT2D eigenvalue weighted by Crippen LogP contribution is 2.42. The van der Waals surface area contributed by atoms with Crippen molar-refractivity contribution in [3.63, 3.8) is 0 Å². The normalized spacial score (nSPS) is 26.4. The molecule has 238 valence electrons. The molecule has 0 aliphatic carbocycles. The third-order valence-corrected chi connectivity index (χ3v) is 7.39. The largest absolute Gasteiger partial charge is 0.488 e. The molecule has 6 atom stereocenters. The maximum atomic E-state index is 12.2. The molecule has 1 N–H and O–H groups in total. The SMILES string of the molecule is CC(=O)OC[C@H]1OC(O)(c2ccc(Cl)c(Cc3ccc(OC4CCOC4)cc3)c2)[C@H](OC(C)=O)[C@@H](OC(C)=O)[C@@H]1OC(C)=O. The predicted octanol–water partition coefficient (Wildman–Crippen LogP) is 3.00. The second-order valence-corrected chi connectivity index (χ2v) is 11.0. The number of ether oxygens (including phenoxy) is 7. The predicted molar refractivity (Wildman–Crippen MR) is 153 cm³/mol. The molecule has 12 nitrogen and oxygen atoms in total. The Morgan fingerprint density at radius 1 is 0.909 bits per heavy atom. The molecule has 44 heavy (non-hydrogen) atoms. The van der Waals surface area contributed by atoms with Crippen molar-refractivity contribution in [2.24, 2.45) is 0 Å². The molecule has 2 saturated heterocycles. The van der Waals surface area contributed by atoms with Gasteiger partial charge in [0.15, 0.2) is 12.2 Å². The van der Waals surface area contributed by atoms with Gasteiger partial charge < -0.3 is 38.3 Å². The molecule has 2 aromatic carbocycles. The first-order valence-electron chi connectivity index (χ1n) is 14.0. The zero-order valence-electron chi connectivity index (χ0n) is 24.8. The molecule has 0 amide bonds. The van der Waals surface area contributed by atoms with Crippen molar-refractivity contribution in [3.05, 3.63) is 64.2 Å². The van der Waals surface area contributed by atoms with Gasteiger partial charge in [0, 0.05) is 44.7 Å². The van der Waals surface area contributed by atoms with Crippen LogP contribution < -0.4 is 4.74 Å². The fourth-order valence-electron chi connectivity index (χ4n) is 5.15. The summed E-state index contributed by atoms with van der Waals surface area (Å²) in [6.07, 6.45) is -4.82. The number of aliphatic hydroxyl groups is 1. The minimum absolute atomic E-state index is 0.00862. The Labute approximate surface area is 259 Å². The van der Waals surface area contributed by atoms with Gasteiger partial charge in [-0.05, 0) is 41.8 Å². The van der Waals surface area contributed by atoms with Crippen LogP contribution in [0.1, 0.15) is 50.8 Å². The summed E-state index contributed by atoms with van der Waals surface area (Å²) in [5.41, 5.74) is 1.56. The molecule has 0 saturated carbocycles. The Bertz CT molecular complexity index is 1360. The highest BCUT2D eigenvalue weighted by atomic mass is 35.5. The van der Waals surface area contributed by atoms with Crippen LogP contribution in [0.2, 0.25) is 5.02 Å². The molecule has 2 fully saturated rings. The van der Waals surface area contributed by atoms with E-state index in [0.717, 1.165) is 39.7 Å². The van der Waals surface area contributed by atoms with Crippen molar-refractivity contribution in [1.82, 2.24) is 0 Å². The van der Waals surface area contributed by atoms with Gasteiger partial charge in [0.05, 0.1) is 13.2 Å². The van der Waals surface area contributed by atoms with Crippen LogP contribution in [0.15, 0.2) is 42.5 Å². The monoisotopic (exact) mass is 634 g/mol. The summed E-state index contributed by atoms with van der Waals surface area (Å²) in [5, 5.41) is 12.5. The molecule has 2 unspecified atom stereocenters. The number of benzene rings is 2. The fourth-order valence-corrected chi connectivity index (χ4v) is 5.33. The topological polar surface area (TPSA) is 153 Å². The second-order valence-electron chi connectivity index (χ2n) is 10.6. The Hall–Kier alpha value is -3.71. The summed E-state index contributed by atoms with van der Waals surface area (Å²) in [6, 6.07) is 12.0. The number of halogens is 1. The average molecular weight is 635 g/mol. The van der Waals surface area contributed by atoms with E-state index in [0.29, 0.717) is 36.0 Å². The summed E-state index contributed by atoms with van der Waals surface area (Å²) < 4.78 is 38.8. The van der Waals surface area contributed by atoms with Gasteiger partial charge >= 0.3 is 23.9 Å². The third kappa shape index (κ3) is 8.26. The number of carbonyl (C=O) groups is 4. The second kappa shape index (κ2) is 14.4. The van der Waals surface area contributed by atoms with Crippen LogP contribution in [0, 0.1) is 0 Å². The third-order valence-electron chi connectivity index (χ3n) is 7.02. The van der Waals surface area contributed by atoms with E-state index in [2.05, 4.69) is 0 Å². The van der Waals surface area contributed by atoms with Gasteiger partial charge in [-0.2, -0.15) is 0 Å². The first kappa shape index (κ1) is 33.2. The van der Waals surface area contributed by atoms with Crippen LogP contribution in [0.4, 0.5) is 0 Å². The number of rotatable bonds is 10. The van der Waals surface area contributed by atoms with Gasteiger partial charge in [0.1, 0.15) is 24.6 Å². The van der Waals surface area contributed by atoms with Crippen LogP contribution in [-0.4, -0.2) is 79.3 Å². The Balaban J connectivity index is 1.70. The minimum Gasteiger partial charge on any atom is -0.488 e. The summed E-state index contributed by atoms with van der Waals surface area (Å²) in [6.45, 7) is 5.20. The van der Waals surface area contributed by atoms with E-state index in [4.69, 9.17) is 44.8 Å². The molecule has 0 bridgehead atoms. The molecule has 2 heterocycles. The first-order valence-corrected chi connectivity index (χ1v) is 14.4. The van der Waals surface area contributed by atoms with Crippen molar-refractivity contribution in [2.75, 3.05) is 19.8 Å².